The number of nitrogens with one attached hydrogen (secondary N) is 2. The average Bonchev–Trinajstić information content (AvgIpc) is 3.07. The minimum atomic E-state index is -0.319. The first-order chi connectivity index (χ1) is 13.8. The lowest BCUT2D eigenvalue weighted by Gasteiger charge is -2.18. The predicted molar refractivity (Wildman–Crippen MR) is 135 cm³/mol. The number of esters is 1. The number of ether oxygens (including phenoxy) is 1. The summed E-state index contributed by atoms with van der Waals surface area (Å²) in [7, 11) is 5.81. The molecule has 0 aliphatic rings. The molecular weight excluding hydrogens is 513 g/mol. The van der Waals surface area contributed by atoms with Gasteiger partial charge in [0.25, 0.3) is 0 Å². The normalized spacial score (nSPS) is 12.0. The number of carbonyl (C=O) groups excluding carboxylic acids is 1. The fourth-order valence-corrected chi connectivity index (χ4v) is 3.75. The number of benzene rings is 1. The Kier molecular flexibility index (Phi) is 10.5. The summed E-state index contributed by atoms with van der Waals surface area (Å²) < 4.78 is 5.10. The molecule has 0 amide bonds. The highest BCUT2D eigenvalue weighted by atomic mass is 127. The molecule has 0 saturated heterocycles. The minimum absolute atomic E-state index is 0. The topological polar surface area (TPSA) is 78.8 Å². The second kappa shape index (κ2) is 12.1. The van der Waals surface area contributed by atoms with E-state index in [2.05, 4.69) is 50.6 Å². The van der Waals surface area contributed by atoms with E-state index >= 15 is 0 Å². The maximum absolute atomic E-state index is 12.0. The molecule has 1 heterocycles. The second-order valence-corrected chi connectivity index (χ2v) is 8.01. The first kappa shape index (κ1) is 26.2. The number of aromatic nitrogens is 1. The largest absolute Gasteiger partial charge is 0.462 e. The van der Waals surface area contributed by atoms with E-state index in [1.54, 1.807) is 14.0 Å². The predicted octanol–water partition coefficient (Wildman–Crippen LogP) is 4.05. The van der Waals surface area contributed by atoms with Crippen molar-refractivity contribution in [2.45, 2.75) is 40.3 Å². The van der Waals surface area contributed by atoms with Crippen molar-refractivity contribution in [3.8, 4) is 0 Å². The highest BCUT2D eigenvalue weighted by Crippen LogP contribution is 2.24. The van der Waals surface area contributed by atoms with Gasteiger partial charge >= 0.3 is 5.97 Å². The molecule has 0 saturated carbocycles. The number of hydrogen-bond donors (Lipinski definition) is 2. The summed E-state index contributed by atoms with van der Waals surface area (Å²) in [4.78, 5) is 23.5. The molecule has 7 nitrogen and oxygen atoms in total. The van der Waals surface area contributed by atoms with Crippen molar-refractivity contribution in [3.05, 3.63) is 44.9 Å². The summed E-state index contributed by atoms with van der Waals surface area (Å²) in [6.45, 7) is 8.74. The number of rotatable bonds is 7. The third-order valence-electron chi connectivity index (χ3n) is 4.51. The van der Waals surface area contributed by atoms with Crippen LogP contribution in [-0.2, 0) is 11.3 Å². The zero-order valence-corrected chi connectivity index (χ0v) is 21.8. The van der Waals surface area contributed by atoms with E-state index in [1.807, 2.05) is 27.9 Å². The lowest BCUT2D eigenvalue weighted by Crippen LogP contribution is -2.38. The van der Waals surface area contributed by atoms with E-state index in [9.17, 15) is 4.79 Å². The summed E-state index contributed by atoms with van der Waals surface area (Å²) in [5.74, 6) is 0.360. The molecule has 30 heavy (non-hydrogen) atoms. The first-order valence-corrected chi connectivity index (χ1v) is 10.5. The van der Waals surface area contributed by atoms with Crippen molar-refractivity contribution in [2.75, 3.05) is 32.6 Å². The number of nitrogens with zero attached hydrogens (tertiary/aromatic N) is 3. The Morgan fingerprint density at radius 2 is 2.03 bits per heavy atom. The molecule has 0 spiro atoms. The van der Waals surface area contributed by atoms with E-state index in [1.165, 1.54) is 28.2 Å². The molecule has 0 aliphatic carbocycles. The molecule has 0 bridgehead atoms. The van der Waals surface area contributed by atoms with Gasteiger partial charge in [0, 0.05) is 33.4 Å². The molecule has 1 atom stereocenters. The van der Waals surface area contributed by atoms with Crippen molar-refractivity contribution >= 4 is 52.9 Å². The number of anilines is 1. The minimum Gasteiger partial charge on any atom is -0.462 e. The fraction of sp³-hybridized carbons (Fsp3) is 0.476. The van der Waals surface area contributed by atoms with Gasteiger partial charge in [-0.15, -0.1) is 35.3 Å². The number of thiazole rings is 1. The van der Waals surface area contributed by atoms with Crippen molar-refractivity contribution in [1.82, 2.24) is 15.6 Å². The van der Waals surface area contributed by atoms with Crippen LogP contribution in [-0.4, -0.2) is 44.7 Å². The monoisotopic (exact) mass is 545 g/mol. The van der Waals surface area contributed by atoms with Crippen molar-refractivity contribution in [2.24, 2.45) is 4.99 Å². The first-order valence-electron chi connectivity index (χ1n) is 9.65. The van der Waals surface area contributed by atoms with E-state index in [-0.39, 0.29) is 36.0 Å². The average molecular weight is 545 g/mol. The lowest BCUT2D eigenvalue weighted by atomic mass is 10.1. The molecule has 9 heteroatoms. The summed E-state index contributed by atoms with van der Waals surface area (Å²) in [6, 6.07) is 6.32. The number of hydrogen-bond acceptors (Lipinski definition) is 6. The molecule has 1 aromatic carbocycles. The quantitative estimate of drug-likeness (QED) is 0.237. The van der Waals surface area contributed by atoms with E-state index < -0.39 is 0 Å². The summed E-state index contributed by atoms with van der Waals surface area (Å²) in [5, 5.41) is 7.51. The van der Waals surface area contributed by atoms with Crippen molar-refractivity contribution < 1.29 is 9.53 Å². The number of aryl methyl sites for hydroxylation is 2. The molecule has 0 radical (unpaired) electrons. The fourth-order valence-electron chi connectivity index (χ4n) is 2.79. The molecular formula is C21H32IN5O2S. The van der Waals surface area contributed by atoms with Gasteiger partial charge in [-0.1, -0.05) is 6.07 Å². The maximum Gasteiger partial charge on any atom is 0.350 e. The number of carbonyl (C=O) groups is 1. The molecule has 166 valence electrons. The van der Waals surface area contributed by atoms with Gasteiger partial charge in [0.05, 0.1) is 18.3 Å². The molecule has 2 N–H and O–H groups in total. The third-order valence-corrected chi connectivity index (χ3v) is 5.83. The van der Waals surface area contributed by atoms with Gasteiger partial charge in [-0.2, -0.15) is 0 Å². The van der Waals surface area contributed by atoms with Gasteiger partial charge in [0.15, 0.2) is 5.96 Å². The van der Waals surface area contributed by atoms with E-state index in [0.717, 1.165) is 5.01 Å². The van der Waals surface area contributed by atoms with Crippen LogP contribution in [0.25, 0.3) is 0 Å². The second-order valence-electron chi connectivity index (χ2n) is 6.98. The van der Waals surface area contributed by atoms with E-state index in [4.69, 9.17) is 4.74 Å². The van der Waals surface area contributed by atoms with Crippen LogP contribution in [0.2, 0.25) is 0 Å². The summed E-state index contributed by atoms with van der Waals surface area (Å²) in [6.07, 6.45) is 0. The molecule has 0 aliphatic heterocycles. The molecule has 1 unspecified atom stereocenters. The third kappa shape index (κ3) is 6.83. The van der Waals surface area contributed by atoms with Gasteiger partial charge < -0.3 is 20.3 Å². The maximum atomic E-state index is 12.0. The van der Waals surface area contributed by atoms with Gasteiger partial charge in [0.2, 0.25) is 0 Å². The van der Waals surface area contributed by atoms with Crippen molar-refractivity contribution in [1.29, 1.82) is 0 Å². The Morgan fingerprint density at radius 1 is 1.33 bits per heavy atom. The van der Waals surface area contributed by atoms with Crippen LogP contribution >= 0.6 is 35.3 Å². The highest BCUT2D eigenvalue weighted by molar-refractivity contribution is 14.0. The van der Waals surface area contributed by atoms with Crippen molar-refractivity contribution in [3.63, 3.8) is 0 Å². The molecule has 2 aromatic rings. The number of aliphatic imine (C=N–C) groups is 1. The molecule has 1 aromatic heterocycles. The Bertz CT molecular complexity index is 882. The van der Waals surface area contributed by atoms with Gasteiger partial charge in [-0.05, 0) is 51.0 Å². The van der Waals surface area contributed by atoms with Gasteiger partial charge in [0.1, 0.15) is 9.88 Å². The molecule has 2 rings (SSSR count). The Labute approximate surface area is 200 Å². The van der Waals surface area contributed by atoms with Crippen LogP contribution in [0.4, 0.5) is 5.69 Å². The standard InChI is InChI=1S/C21H31N5O2S.HI/c1-8-28-20(27)18-14(3)24-19(29-18)15(4)25-21(22-5)23-12-16-9-10-17(26(6)7)11-13(16)2;/h9-11,15H,8,12H2,1-7H3,(H2,22,23,25);1H. The Morgan fingerprint density at radius 3 is 2.60 bits per heavy atom. The van der Waals surface area contributed by atoms with Crippen LogP contribution in [0, 0.1) is 13.8 Å². The number of guanidine groups is 1. The summed E-state index contributed by atoms with van der Waals surface area (Å²) >= 11 is 1.35. The smallest absolute Gasteiger partial charge is 0.350 e. The zero-order chi connectivity index (χ0) is 21.6. The van der Waals surface area contributed by atoms with Crippen LogP contribution in [0.15, 0.2) is 23.2 Å². The van der Waals surface area contributed by atoms with E-state index in [0.29, 0.717) is 29.7 Å². The summed E-state index contributed by atoms with van der Waals surface area (Å²) in [5.41, 5.74) is 4.30. The van der Waals surface area contributed by atoms with Crippen LogP contribution < -0.4 is 15.5 Å². The lowest BCUT2D eigenvalue weighted by molar-refractivity contribution is 0.0531. The van der Waals surface area contributed by atoms with Crippen LogP contribution in [0.3, 0.4) is 0 Å². The number of halogens is 1. The van der Waals surface area contributed by atoms with Gasteiger partial charge in [-0.3, -0.25) is 4.99 Å². The molecule has 0 fully saturated rings. The van der Waals surface area contributed by atoms with Crippen LogP contribution in [0.1, 0.15) is 51.4 Å². The zero-order valence-electron chi connectivity index (χ0n) is 18.7. The van der Waals surface area contributed by atoms with Crippen LogP contribution in [0.5, 0.6) is 0 Å². The highest BCUT2D eigenvalue weighted by Gasteiger charge is 2.20. The Balaban J connectivity index is 0.00000450. The van der Waals surface area contributed by atoms with Gasteiger partial charge in [-0.25, -0.2) is 9.78 Å². The Hall–Kier alpha value is -1.88. The SMILES string of the molecule is CCOC(=O)c1sc(C(C)NC(=NC)NCc2ccc(N(C)C)cc2C)nc1C.I.